The van der Waals surface area contributed by atoms with Gasteiger partial charge in [0.15, 0.2) is 0 Å². The van der Waals surface area contributed by atoms with Crippen LogP contribution < -0.4 is 10.2 Å². The molecule has 0 spiro atoms. The molecule has 1 N–H and O–H groups in total. The molecular formula is C13H17N3O. The molecule has 0 fully saturated rings. The van der Waals surface area contributed by atoms with Crippen molar-refractivity contribution in [1.29, 1.82) is 5.26 Å². The number of benzene rings is 1. The Kier molecular flexibility index (Phi) is 4.53. The van der Waals surface area contributed by atoms with E-state index in [2.05, 4.69) is 11.4 Å². The van der Waals surface area contributed by atoms with Gasteiger partial charge in [0.25, 0.3) is 0 Å². The van der Waals surface area contributed by atoms with Gasteiger partial charge in [-0.05, 0) is 26.0 Å². The summed E-state index contributed by atoms with van der Waals surface area (Å²) in [6, 6.07) is 9.09. The fourth-order valence-electron chi connectivity index (χ4n) is 1.58. The molecule has 1 aromatic carbocycles. The summed E-state index contributed by atoms with van der Waals surface area (Å²) < 4.78 is 0. The molecule has 1 rings (SSSR count). The molecule has 0 aliphatic heterocycles. The number of nitrogens with zero attached hydrogens (tertiary/aromatic N) is 2. The van der Waals surface area contributed by atoms with E-state index in [0.29, 0.717) is 12.1 Å². The third-order valence-corrected chi connectivity index (χ3v) is 2.72. The molecule has 1 amide bonds. The molecule has 0 aliphatic rings. The number of carbonyl (C=O) groups is 1. The lowest BCUT2D eigenvalue weighted by molar-refractivity contribution is -0.121. The Hall–Kier alpha value is -2.02. The molecular weight excluding hydrogens is 214 g/mol. The number of anilines is 1. The van der Waals surface area contributed by atoms with Crippen LogP contribution in [-0.4, -0.2) is 25.5 Å². The molecule has 0 bridgehead atoms. The van der Waals surface area contributed by atoms with Crippen molar-refractivity contribution in [3.63, 3.8) is 0 Å². The fraction of sp³-hybridized carbons (Fsp3) is 0.385. The highest BCUT2D eigenvalue weighted by Gasteiger charge is 2.19. The van der Waals surface area contributed by atoms with Crippen LogP contribution >= 0.6 is 0 Å². The second-order valence-corrected chi connectivity index (χ2v) is 3.81. The molecule has 0 aromatic heterocycles. The normalized spacial score (nSPS) is 11.4. The minimum absolute atomic E-state index is 0.0391. The van der Waals surface area contributed by atoms with Crippen LogP contribution in [0.1, 0.15) is 19.4 Å². The van der Waals surface area contributed by atoms with Crippen molar-refractivity contribution >= 4 is 11.6 Å². The van der Waals surface area contributed by atoms with Gasteiger partial charge in [0.1, 0.15) is 12.1 Å². The Morgan fingerprint density at radius 2 is 2.18 bits per heavy atom. The number of rotatable bonds is 4. The zero-order chi connectivity index (χ0) is 12.8. The lowest BCUT2D eigenvalue weighted by atomic mass is 10.1. The highest BCUT2D eigenvalue weighted by molar-refractivity contribution is 5.85. The van der Waals surface area contributed by atoms with Crippen LogP contribution in [0.15, 0.2) is 24.3 Å². The topological polar surface area (TPSA) is 56.1 Å². The van der Waals surface area contributed by atoms with Crippen LogP contribution in [0.5, 0.6) is 0 Å². The fourth-order valence-corrected chi connectivity index (χ4v) is 1.58. The van der Waals surface area contributed by atoms with Crippen LogP contribution in [-0.2, 0) is 4.79 Å². The van der Waals surface area contributed by atoms with E-state index >= 15 is 0 Å². The van der Waals surface area contributed by atoms with Gasteiger partial charge in [-0.15, -0.1) is 0 Å². The molecule has 4 heteroatoms. The van der Waals surface area contributed by atoms with Gasteiger partial charge >= 0.3 is 0 Å². The number of para-hydroxylation sites is 1. The zero-order valence-electron chi connectivity index (χ0n) is 10.4. The van der Waals surface area contributed by atoms with Crippen LogP contribution in [0, 0.1) is 11.3 Å². The molecule has 4 nitrogen and oxygen atoms in total. The lowest BCUT2D eigenvalue weighted by Gasteiger charge is -2.26. The summed E-state index contributed by atoms with van der Waals surface area (Å²) in [5.41, 5.74) is 1.35. The summed E-state index contributed by atoms with van der Waals surface area (Å²) in [7, 11) is 1.82. The predicted octanol–water partition coefficient (Wildman–Crippen LogP) is 1.52. The van der Waals surface area contributed by atoms with Crippen LogP contribution in [0.4, 0.5) is 5.69 Å². The summed E-state index contributed by atoms with van der Waals surface area (Å²) in [5, 5.41) is 11.8. The van der Waals surface area contributed by atoms with E-state index in [1.165, 1.54) is 0 Å². The van der Waals surface area contributed by atoms with E-state index in [-0.39, 0.29) is 11.9 Å². The quantitative estimate of drug-likeness (QED) is 0.854. The summed E-state index contributed by atoms with van der Waals surface area (Å²) in [5.74, 6) is -0.0391. The van der Waals surface area contributed by atoms with Gasteiger partial charge in [-0.2, -0.15) is 5.26 Å². The Balaban J connectivity index is 2.93. The number of amides is 1. The first kappa shape index (κ1) is 13.0. The number of hydrogen-bond acceptors (Lipinski definition) is 3. The first-order valence-electron chi connectivity index (χ1n) is 5.61. The van der Waals surface area contributed by atoms with Crippen LogP contribution in [0.3, 0.4) is 0 Å². The Morgan fingerprint density at radius 1 is 1.53 bits per heavy atom. The van der Waals surface area contributed by atoms with E-state index in [1.807, 2.05) is 44.0 Å². The lowest BCUT2D eigenvalue weighted by Crippen LogP contribution is -2.43. The SMILES string of the molecule is CCNC(=O)C(C)N(C)c1ccccc1C#N. The van der Waals surface area contributed by atoms with Crippen molar-refractivity contribution in [2.45, 2.75) is 19.9 Å². The first-order chi connectivity index (χ1) is 8.11. The third-order valence-electron chi connectivity index (χ3n) is 2.72. The molecule has 0 aliphatic carbocycles. The average Bonchev–Trinajstić information content (AvgIpc) is 2.37. The number of nitriles is 1. The average molecular weight is 231 g/mol. The molecule has 0 radical (unpaired) electrons. The van der Waals surface area contributed by atoms with E-state index in [1.54, 1.807) is 6.07 Å². The van der Waals surface area contributed by atoms with E-state index in [4.69, 9.17) is 5.26 Å². The summed E-state index contributed by atoms with van der Waals surface area (Å²) in [6.07, 6.45) is 0. The van der Waals surface area contributed by atoms with Gasteiger partial charge in [0.05, 0.1) is 11.3 Å². The Labute approximate surface area is 102 Å². The Bertz CT molecular complexity index is 437. The largest absolute Gasteiger partial charge is 0.362 e. The smallest absolute Gasteiger partial charge is 0.242 e. The van der Waals surface area contributed by atoms with Gasteiger partial charge < -0.3 is 10.2 Å². The number of hydrogen-bond donors (Lipinski definition) is 1. The maximum Gasteiger partial charge on any atom is 0.242 e. The van der Waals surface area contributed by atoms with Gasteiger partial charge in [0.2, 0.25) is 5.91 Å². The third kappa shape index (κ3) is 2.97. The van der Waals surface area contributed by atoms with Crippen LogP contribution in [0.2, 0.25) is 0 Å². The van der Waals surface area contributed by atoms with Crippen molar-refractivity contribution in [3.05, 3.63) is 29.8 Å². The van der Waals surface area contributed by atoms with E-state index in [0.717, 1.165) is 5.69 Å². The van der Waals surface area contributed by atoms with Gasteiger partial charge in [-0.3, -0.25) is 4.79 Å². The van der Waals surface area contributed by atoms with E-state index in [9.17, 15) is 4.79 Å². The van der Waals surface area contributed by atoms with Gasteiger partial charge in [-0.25, -0.2) is 0 Å². The molecule has 1 aromatic rings. The molecule has 1 atom stereocenters. The molecule has 0 heterocycles. The standard InChI is InChI=1S/C13H17N3O/c1-4-15-13(17)10(2)16(3)12-8-6-5-7-11(12)9-14/h5-8,10H,4H2,1-3H3,(H,15,17). The van der Waals surface area contributed by atoms with Crippen molar-refractivity contribution in [3.8, 4) is 6.07 Å². The Morgan fingerprint density at radius 3 is 2.76 bits per heavy atom. The monoisotopic (exact) mass is 231 g/mol. The van der Waals surface area contributed by atoms with Crippen molar-refractivity contribution in [2.24, 2.45) is 0 Å². The second-order valence-electron chi connectivity index (χ2n) is 3.81. The zero-order valence-corrected chi connectivity index (χ0v) is 10.4. The summed E-state index contributed by atoms with van der Waals surface area (Å²) in [6.45, 7) is 4.31. The summed E-state index contributed by atoms with van der Waals surface area (Å²) >= 11 is 0. The van der Waals surface area contributed by atoms with Crippen molar-refractivity contribution in [1.82, 2.24) is 5.32 Å². The van der Waals surface area contributed by atoms with Gasteiger partial charge in [0, 0.05) is 13.6 Å². The molecule has 0 saturated heterocycles. The van der Waals surface area contributed by atoms with Gasteiger partial charge in [-0.1, -0.05) is 12.1 Å². The molecule has 90 valence electrons. The predicted molar refractivity (Wildman–Crippen MR) is 67.7 cm³/mol. The van der Waals surface area contributed by atoms with Crippen molar-refractivity contribution < 1.29 is 4.79 Å². The number of nitrogens with one attached hydrogen (secondary N) is 1. The summed E-state index contributed by atoms with van der Waals surface area (Å²) in [4.78, 5) is 13.5. The maximum atomic E-state index is 11.7. The minimum Gasteiger partial charge on any atom is -0.362 e. The van der Waals surface area contributed by atoms with Crippen LogP contribution in [0.25, 0.3) is 0 Å². The first-order valence-corrected chi connectivity index (χ1v) is 5.61. The molecule has 17 heavy (non-hydrogen) atoms. The maximum absolute atomic E-state index is 11.7. The second kappa shape index (κ2) is 5.90. The number of likely N-dealkylation sites (N-methyl/N-ethyl adjacent to an activating group) is 2. The highest BCUT2D eigenvalue weighted by atomic mass is 16.2. The van der Waals surface area contributed by atoms with Crippen molar-refractivity contribution in [2.75, 3.05) is 18.5 Å². The van der Waals surface area contributed by atoms with E-state index < -0.39 is 0 Å². The highest BCUT2D eigenvalue weighted by Crippen LogP contribution is 2.20. The molecule has 0 saturated carbocycles. The molecule has 1 unspecified atom stereocenters. The number of carbonyl (C=O) groups excluding carboxylic acids is 1. The minimum atomic E-state index is -0.301.